The lowest BCUT2D eigenvalue weighted by Gasteiger charge is -2.39. The zero-order valence-corrected chi connectivity index (χ0v) is 13.5. The maximum atomic E-state index is 12.7. The first-order valence-electron chi connectivity index (χ1n) is 7.40. The minimum absolute atomic E-state index is 0.0236. The van der Waals surface area contributed by atoms with Gasteiger partial charge in [-0.25, -0.2) is 0 Å². The van der Waals surface area contributed by atoms with E-state index in [1.54, 1.807) is 0 Å². The second kappa shape index (κ2) is 4.90. The van der Waals surface area contributed by atoms with E-state index >= 15 is 0 Å². The number of hydrogen-bond acceptors (Lipinski definition) is 3. The summed E-state index contributed by atoms with van der Waals surface area (Å²) in [4.78, 5) is 12.7. The van der Waals surface area contributed by atoms with Crippen LogP contribution in [0, 0.1) is 30.6 Å². The van der Waals surface area contributed by atoms with Gasteiger partial charge in [-0.15, -0.1) is 0 Å². The van der Waals surface area contributed by atoms with Crippen molar-refractivity contribution in [3.63, 3.8) is 0 Å². The Balaban J connectivity index is 2.10. The van der Waals surface area contributed by atoms with Gasteiger partial charge in [-0.05, 0) is 38.0 Å². The minimum atomic E-state index is -0.300. The quantitative estimate of drug-likeness (QED) is 0.922. The first-order chi connectivity index (χ1) is 9.20. The third-order valence-electron chi connectivity index (χ3n) is 5.84. The molecule has 1 aliphatic carbocycles. The molecule has 1 N–H and O–H groups in total. The summed E-state index contributed by atoms with van der Waals surface area (Å²) in [5, 5.41) is 7.01. The van der Waals surface area contributed by atoms with Crippen LogP contribution in [0.1, 0.15) is 57.6 Å². The van der Waals surface area contributed by atoms with Gasteiger partial charge < -0.3 is 9.84 Å². The molecule has 2 rings (SSSR count). The summed E-state index contributed by atoms with van der Waals surface area (Å²) in [5.41, 5.74) is 1.57. The minimum Gasteiger partial charge on any atom is -0.361 e. The molecule has 4 heteroatoms. The molecule has 0 unspecified atom stereocenters. The fourth-order valence-electron chi connectivity index (χ4n) is 3.26. The van der Waals surface area contributed by atoms with Gasteiger partial charge >= 0.3 is 0 Å². The molecule has 1 saturated carbocycles. The number of rotatable bonds is 3. The Morgan fingerprint density at radius 2 is 2.05 bits per heavy atom. The molecule has 1 fully saturated rings. The number of nitrogens with one attached hydrogen (secondary N) is 1. The van der Waals surface area contributed by atoms with E-state index < -0.39 is 0 Å². The molecule has 0 saturated heterocycles. The standard InChI is InChI=1S/C16H26N2O2/c1-10-7-8-16(6,15(10,4)5)14(19)17-9-13-11(2)18-20-12(13)3/h10H,7-9H2,1-6H3,(H,17,19)/t10-,16-/m0/s1. The Bertz CT molecular complexity index is 499. The van der Waals surface area contributed by atoms with Gasteiger partial charge in [-0.3, -0.25) is 4.79 Å². The second-order valence-electron chi connectivity index (χ2n) is 6.98. The van der Waals surface area contributed by atoms with Crippen molar-refractivity contribution in [3.8, 4) is 0 Å². The molecular weight excluding hydrogens is 252 g/mol. The predicted molar refractivity (Wildman–Crippen MR) is 78.1 cm³/mol. The van der Waals surface area contributed by atoms with Crippen LogP contribution in [-0.4, -0.2) is 11.1 Å². The number of aromatic nitrogens is 1. The maximum absolute atomic E-state index is 12.7. The smallest absolute Gasteiger partial charge is 0.226 e. The van der Waals surface area contributed by atoms with E-state index in [1.165, 1.54) is 0 Å². The van der Waals surface area contributed by atoms with E-state index in [0.717, 1.165) is 29.9 Å². The highest BCUT2D eigenvalue weighted by Gasteiger charge is 2.53. The molecular formula is C16H26N2O2. The zero-order chi connectivity index (χ0) is 15.1. The Hall–Kier alpha value is -1.32. The van der Waals surface area contributed by atoms with E-state index in [-0.39, 0.29) is 16.7 Å². The number of carbonyl (C=O) groups excluding carboxylic acids is 1. The molecule has 2 atom stereocenters. The van der Waals surface area contributed by atoms with Crippen LogP contribution in [0.15, 0.2) is 4.52 Å². The molecule has 1 aromatic heterocycles. The van der Waals surface area contributed by atoms with Crippen molar-refractivity contribution in [2.45, 2.75) is 60.9 Å². The molecule has 0 aromatic carbocycles. The van der Waals surface area contributed by atoms with Crippen LogP contribution >= 0.6 is 0 Å². The van der Waals surface area contributed by atoms with Gasteiger partial charge in [0.05, 0.1) is 11.1 Å². The van der Waals surface area contributed by atoms with Crippen molar-refractivity contribution in [2.24, 2.45) is 16.7 Å². The van der Waals surface area contributed by atoms with Crippen molar-refractivity contribution in [1.82, 2.24) is 10.5 Å². The Kier molecular flexibility index (Phi) is 3.69. The number of nitrogens with zero attached hydrogens (tertiary/aromatic N) is 1. The fraction of sp³-hybridized carbons (Fsp3) is 0.750. The van der Waals surface area contributed by atoms with Gasteiger partial charge in [0.2, 0.25) is 5.91 Å². The molecule has 1 amide bonds. The van der Waals surface area contributed by atoms with E-state index in [2.05, 4.69) is 38.2 Å². The van der Waals surface area contributed by atoms with E-state index in [4.69, 9.17) is 4.52 Å². The predicted octanol–water partition coefficient (Wildman–Crippen LogP) is 3.37. The number of hydrogen-bond donors (Lipinski definition) is 1. The van der Waals surface area contributed by atoms with E-state index in [1.807, 2.05) is 13.8 Å². The van der Waals surface area contributed by atoms with E-state index in [0.29, 0.717) is 12.5 Å². The van der Waals surface area contributed by atoms with Gasteiger partial charge in [0.1, 0.15) is 5.76 Å². The first-order valence-corrected chi connectivity index (χ1v) is 7.40. The van der Waals surface area contributed by atoms with Crippen molar-refractivity contribution >= 4 is 5.91 Å². The van der Waals surface area contributed by atoms with Crippen LogP contribution in [0.4, 0.5) is 0 Å². The second-order valence-corrected chi connectivity index (χ2v) is 6.98. The first kappa shape index (κ1) is 15.1. The average molecular weight is 278 g/mol. The highest BCUT2D eigenvalue weighted by atomic mass is 16.5. The Morgan fingerprint density at radius 1 is 1.40 bits per heavy atom. The molecule has 4 nitrogen and oxygen atoms in total. The van der Waals surface area contributed by atoms with Gasteiger partial charge in [-0.1, -0.05) is 32.9 Å². The zero-order valence-electron chi connectivity index (χ0n) is 13.5. The van der Waals surface area contributed by atoms with E-state index in [9.17, 15) is 4.79 Å². The summed E-state index contributed by atoms with van der Waals surface area (Å²) in [6, 6.07) is 0. The molecule has 112 valence electrons. The lowest BCUT2D eigenvalue weighted by atomic mass is 9.65. The van der Waals surface area contributed by atoms with Crippen molar-refractivity contribution in [1.29, 1.82) is 0 Å². The summed E-state index contributed by atoms with van der Waals surface area (Å²) < 4.78 is 5.13. The number of aryl methyl sites for hydroxylation is 2. The van der Waals surface area contributed by atoms with Crippen LogP contribution < -0.4 is 5.32 Å². The highest BCUT2D eigenvalue weighted by molar-refractivity contribution is 5.83. The van der Waals surface area contributed by atoms with Crippen LogP contribution in [0.3, 0.4) is 0 Å². The van der Waals surface area contributed by atoms with Gasteiger partial charge in [0, 0.05) is 12.1 Å². The van der Waals surface area contributed by atoms with Crippen LogP contribution in [0.2, 0.25) is 0 Å². The Morgan fingerprint density at radius 3 is 2.50 bits per heavy atom. The van der Waals surface area contributed by atoms with Crippen molar-refractivity contribution < 1.29 is 9.32 Å². The van der Waals surface area contributed by atoms with Crippen LogP contribution in [-0.2, 0) is 11.3 Å². The SMILES string of the molecule is Cc1noc(C)c1CNC(=O)[C@]1(C)CC[C@H](C)C1(C)C. The summed E-state index contributed by atoms with van der Waals surface area (Å²) in [6.07, 6.45) is 2.07. The van der Waals surface area contributed by atoms with Gasteiger partial charge in [0.25, 0.3) is 0 Å². The lowest BCUT2D eigenvalue weighted by molar-refractivity contribution is -0.136. The summed E-state index contributed by atoms with van der Waals surface area (Å²) in [6.45, 7) is 13.0. The van der Waals surface area contributed by atoms with Crippen molar-refractivity contribution in [3.05, 3.63) is 17.0 Å². The molecule has 0 bridgehead atoms. The summed E-state index contributed by atoms with van der Waals surface area (Å²) >= 11 is 0. The van der Waals surface area contributed by atoms with Gasteiger partial charge in [-0.2, -0.15) is 0 Å². The van der Waals surface area contributed by atoms with Crippen LogP contribution in [0.25, 0.3) is 0 Å². The molecule has 1 aromatic rings. The third-order valence-corrected chi connectivity index (χ3v) is 5.84. The molecule has 0 radical (unpaired) electrons. The lowest BCUT2D eigenvalue weighted by Crippen LogP contribution is -2.46. The maximum Gasteiger partial charge on any atom is 0.226 e. The largest absolute Gasteiger partial charge is 0.361 e. The summed E-state index contributed by atoms with van der Waals surface area (Å²) in [5.74, 6) is 1.50. The number of amides is 1. The highest BCUT2D eigenvalue weighted by Crippen LogP contribution is 2.55. The molecule has 0 aliphatic heterocycles. The monoisotopic (exact) mass is 278 g/mol. The normalized spacial score (nSPS) is 28.6. The van der Waals surface area contributed by atoms with Gasteiger partial charge in [0.15, 0.2) is 0 Å². The molecule has 1 heterocycles. The fourth-order valence-corrected chi connectivity index (χ4v) is 3.26. The summed E-state index contributed by atoms with van der Waals surface area (Å²) in [7, 11) is 0. The topological polar surface area (TPSA) is 55.1 Å². The van der Waals surface area contributed by atoms with Crippen molar-refractivity contribution in [2.75, 3.05) is 0 Å². The average Bonchev–Trinajstić information content (AvgIpc) is 2.81. The van der Waals surface area contributed by atoms with Crippen LogP contribution in [0.5, 0.6) is 0 Å². The molecule has 20 heavy (non-hydrogen) atoms. The molecule has 1 aliphatic rings. The number of carbonyl (C=O) groups is 1. The molecule has 0 spiro atoms. The third kappa shape index (κ3) is 2.15. The Labute approximate surface area is 121 Å².